The zero-order valence-electron chi connectivity index (χ0n) is 23.9. The van der Waals surface area contributed by atoms with Crippen molar-refractivity contribution in [2.75, 3.05) is 57.8 Å². The number of carbonyl (C=O) groups is 2. The van der Waals surface area contributed by atoms with E-state index in [2.05, 4.69) is 5.32 Å². The van der Waals surface area contributed by atoms with Gasteiger partial charge in [0.25, 0.3) is 5.91 Å². The smallest absolute Gasteiger partial charge is 0.306 e. The molecule has 2 N–H and O–H groups in total. The fourth-order valence-corrected chi connectivity index (χ4v) is 4.90. The Kier molecular flexibility index (Phi) is 9.50. The molecule has 0 saturated carbocycles. The highest BCUT2D eigenvalue weighted by Gasteiger charge is 2.31. The fraction of sp³-hybridized carbons (Fsp3) is 0.444. The van der Waals surface area contributed by atoms with Crippen molar-refractivity contribution in [3.63, 3.8) is 0 Å². The Hall–Kier alpha value is -3.12. The molecule has 0 spiro atoms. The van der Waals surface area contributed by atoms with Gasteiger partial charge in [0.05, 0.1) is 24.1 Å². The van der Waals surface area contributed by atoms with Gasteiger partial charge in [-0.15, -0.1) is 17.0 Å². The van der Waals surface area contributed by atoms with Crippen molar-refractivity contribution >= 4 is 56.0 Å². The minimum Gasteiger partial charge on any atom is -0.380 e. The van der Waals surface area contributed by atoms with Gasteiger partial charge in [0.1, 0.15) is 5.84 Å². The molecule has 0 saturated heterocycles. The molecule has 1 heterocycles. The van der Waals surface area contributed by atoms with E-state index in [0.717, 1.165) is 17.5 Å². The molecule has 0 atom stereocenters. The number of fused-ring (bicyclic) bond motifs is 1. The SMILES string of the molecule is Br.CNC(=O)c1cc2c(cc1N(C)C)CN(CC(=O)c1cc(N(C)C)c(OS(C)(=O)=O)c(C(C)(C)C)c1)C2=N. The second-order valence-electron chi connectivity index (χ2n) is 10.9. The number of anilines is 2. The zero-order valence-corrected chi connectivity index (χ0v) is 26.5. The van der Waals surface area contributed by atoms with E-state index in [1.54, 1.807) is 49.1 Å². The summed E-state index contributed by atoms with van der Waals surface area (Å²) in [6, 6.07) is 6.89. The summed E-state index contributed by atoms with van der Waals surface area (Å²) >= 11 is 0. The van der Waals surface area contributed by atoms with Crippen molar-refractivity contribution in [2.45, 2.75) is 32.7 Å². The Morgan fingerprint density at radius 3 is 2.13 bits per heavy atom. The van der Waals surface area contributed by atoms with Crippen molar-refractivity contribution < 1.29 is 22.2 Å². The van der Waals surface area contributed by atoms with Gasteiger partial charge in [-0.3, -0.25) is 15.0 Å². The van der Waals surface area contributed by atoms with Crippen LogP contribution in [-0.2, 0) is 22.1 Å². The molecule has 1 aliphatic rings. The van der Waals surface area contributed by atoms with Gasteiger partial charge in [-0.1, -0.05) is 20.8 Å². The van der Waals surface area contributed by atoms with Gasteiger partial charge >= 0.3 is 10.1 Å². The third kappa shape index (κ3) is 6.91. The number of amidine groups is 1. The predicted molar refractivity (Wildman–Crippen MR) is 161 cm³/mol. The third-order valence-electron chi connectivity index (χ3n) is 6.36. The molecular weight excluding hydrogens is 586 g/mol. The van der Waals surface area contributed by atoms with Crippen LogP contribution in [-0.4, -0.2) is 78.9 Å². The van der Waals surface area contributed by atoms with E-state index in [1.165, 1.54) is 0 Å². The third-order valence-corrected chi connectivity index (χ3v) is 6.83. The van der Waals surface area contributed by atoms with E-state index in [0.29, 0.717) is 34.5 Å². The number of benzene rings is 2. The van der Waals surface area contributed by atoms with Gasteiger partial charge in [0, 0.05) is 64.2 Å². The van der Waals surface area contributed by atoms with E-state index >= 15 is 0 Å². The van der Waals surface area contributed by atoms with Crippen LogP contribution in [0.15, 0.2) is 24.3 Å². The van der Waals surface area contributed by atoms with Crippen LogP contribution in [0.2, 0.25) is 0 Å². The van der Waals surface area contributed by atoms with Gasteiger partial charge in [-0.05, 0) is 35.2 Å². The molecule has 0 fully saturated rings. The van der Waals surface area contributed by atoms with Gasteiger partial charge in [-0.2, -0.15) is 8.42 Å². The first-order valence-corrected chi connectivity index (χ1v) is 13.9. The summed E-state index contributed by atoms with van der Waals surface area (Å²) in [7, 11) is 4.96. The van der Waals surface area contributed by atoms with Crippen molar-refractivity contribution in [2.24, 2.45) is 0 Å². The Labute approximate surface area is 241 Å². The summed E-state index contributed by atoms with van der Waals surface area (Å²) < 4.78 is 29.5. The lowest BCUT2D eigenvalue weighted by molar-refractivity contribution is 0.0955. The minimum atomic E-state index is -3.81. The van der Waals surface area contributed by atoms with Gasteiger partial charge in [-0.25, -0.2) is 0 Å². The first-order chi connectivity index (χ1) is 17.4. The minimum absolute atomic E-state index is 0. The number of ketones is 1. The summed E-state index contributed by atoms with van der Waals surface area (Å²) in [5, 5.41) is 11.4. The van der Waals surface area contributed by atoms with Crippen LogP contribution in [0.5, 0.6) is 5.75 Å². The van der Waals surface area contributed by atoms with E-state index in [4.69, 9.17) is 9.59 Å². The largest absolute Gasteiger partial charge is 0.380 e. The number of hydrogen-bond acceptors (Lipinski definition) is 8. The first kappa shape index (κ1) is 32.1. The maximum absolute atomic E-state index is 13.6. The van der Waals surface area contributed by atoms with Crippen LogP contribution in [0.25, 0.3) is 0 Å². The van der Waals surface area contributed by atoms with Crippen LogP contribution >= 0.6 is 17.0 Å². The monoisotopic (exact) mass is 623 g/mol. The lowest BCUT2D eigenvalue weighted by atomic mass is 9.84. The normalized spacial score (nSPS) is 12.9. The van der Waals surface area contributed by atoms with E-state index in [-0.39, 0.29) is 46.8 Å². The van der Waals surface area contributed by atoms with E-state index in [1.807, 2.05) is 45.8 Å². The highest BCUT2D eigenvalue weighted by atomic mass is 79.9. The molecule has 0 unspecified atom stereocenters. The van der Waals surface area contributed by atoms with Crippen LogP contribution in [0.1, 0.15) is 58.2 Å². The van der Waals surface area contributed by atoms with Crippen molar-refractivity contribution in [1.29, 1.82) is 5.41 Å². The second-order valence-corrected chi connectivity index (χ2v) is 12.5. The van der Waals surface area contributed by atoms with Crippen molar-refractivity contribution in [1.82, 2.24) is 10.2 Å². The quantitative estimate of drug-likeness (QED) is 0.339. The number of carbonyl (C=O) groups excluding carboxylic acids is 2. The number of Topliss-reactive ketones (excluding diaryl/α,β-unsaturated/α-hetero) is 1. The highest BCUT2D eigenvalue weighted by Crippen LogP contribution is 2.40. The van der Waals surface area contributed by atoms with Gasteiger partial charge in [0.15, 0.2) is 11.5 Å². The molecule has 0 aliphatic carbocycles. The summed E-state index contributed by atoms with van der Waals surface area (Å²) in [5.41, 5.74) is 3.60. The average molecular weight is 625 g/mol. The Morgan fingerprint density at radius 2 is 1.64 bits per heavy atom. The van der Waals surface area contributed by atoms with Crippen LogP contribution in [0.3, 0.4) is 0 Å². The van der Waals surface area contributed by atoms with Crippen LogP contribution in [0, 0.1) is 5.41 Å². The maximum Gasteiger partial charge on any atom is 0.306 e. The van der Waals surface area contributed by atoms with Gasteiger partial charge in [0.2, 0.25) is 0 Å². The number of rotatable bonds is 8. The molecule has 1 amide bonds. The maximum atomic E-state index is 13.6. The highest BCUT2D eigenvalue weighted by molar-refractivity contribution is 8.93. The molecule has 214 valence electrons. The standard InChI is InChI=1S/C27H37N5O5S.BrH/c1-27(2,3)20-10-16(11-22(31(7)8)24(20)37-38(9,35)36)23(33)15-32-14-17-12-21(30(5)6)19(26(34)29-4)13-18(17)25(32)28;/h10-13,28H,14-15H2,1-9H3,(H,29,34);1H. The molecule has 10 nitrogen and oxygen atoms in total. The van der Waals surface area contributed by atoms with Crippen LogP contribution in [0.4, 0.5) is 11.4 Å². The van der Waals surface area contributed by atoms with E-state index < -0.39 is 15.5 Å². The van der Waals surface area contributed by atoms with Crippen LogP contribution < -0.4 is 19.3 Å². The predicted octanol–water partition coefficient (Wildman–Crippen LogP) is 3.42. The van der Waals surface area contributed by atoms with Crippen molar-refractivity contribution in [3.05, 3.63) is 52.1 Å². The summed E-state index contributed by atoms with van der Waals surface area (Å²) in [5.74, 6) is -0.104. The molecule has 3 rings (SSSR count). The number of nitrogens with zero attached hydrogens (tertiary/aromatic N) is 3. The number of nitrogens with one attached hydrogen (secondary N) is 2. The molecule has 39 heavy (non-hydrogen) atoms. The Morgan fingerprint density at radius 1 is 1.05 bits per heavy atom. The number of halogens is 1. The second kappa shape index (κ2) is 11.5. The summed E-state index contributed by atoms with van der Waals surface area (Å²) in [6.07, 6.45) is 0.992. The average Bonchev–Trinajstić information content (AvgIpc) is 3.09. The molecule has 0 aromatic heterocycles. The Bertz CT molecular complexity index is 1410. The van der Waals surface area contributed by atoms with E-state index in [9.17, 15) is 18.0 Å². The molecule has 1 aliphatic heterocycles. The molecular formula is C27H38BrN5O5S. The number of hydrogen-bond donors (Lipinski definition) is 2. The Balaban J connectivity index is 0.00000533. The molecule has 2 aromatic carbocycles. The number of amides is 1. The summed E-state index contributed by atoms with van der Waals surface area (Å²) in [4.78, 5) is 31.3. The zero-order chi connectivity index (χ0) is 28.7. The topological polar surface area (TPSA) is 123 Å². The molecule has 0 radical (unpaired) electrons. The fourth-order valence-electron chi connectivity index (χ4n) is 4.43. The lowest BCUT2D eigenvalue weighted by Gasteiger charge is -2.27. The lowest BCUT2D eigenvalue weighted by Crippen LogP contribution is -2.31. The molecule has 0 bridgehead atoms. The van der Waals surface area contributed by atoms with Gasteiger partial charge < -0.3 is 24.2 Å². The molecule has 12 heteroatoms. The first-order valence-electron chi connectivity index (χ1n) is 12.1. The summed E-state index contributed by atoms with van der Waals surface area (Å²) in [6.45, 7) is 6.07. The van der Waals surface area contributed by atoms with Crippen molar-refractivity contribution in [3.8, 4) is 5.75 Å². The molecule has 2 aromatic rings.